The van der Waals surface area contributed by atoms with Crippen LogP contribution in [0.3, 0.4) is 0 Å². The first kappa shape index (κ1) is 14.9. The van der Waals surface area contributed by atoms with Crippen LogP contribution in [-0.2, 0) is 4.74 Å². The van der Waals surface area contributed by atoms with Crippen LogP contribution in [-0.4, -0.2) is 18.8 Å². The summed E-state index contributed by atoms with van der Waals surface area (Å²) in [6, 6.07) is 0.418. The number of nitrogens with one attached hydrogen (secondary N) is 1. The van der Waals surface area contributed by atoms with E-state index in [1.807, 2.05) is 0 Å². The number of ether oxygens (including phenoxy) is 1. The van der Waals surface area contributed by atoms with E-state index in [2.05, 4.69) is 33.1 Å². The van der Waals surface area contributed by atoms with Crippen LogP contribution in [0.25, 0.3) is 0 Å². The van der Waals surface area contributed by atoms with Gasteiger partial charge in [0, 0.05) is 13.2 Å². The van der Waals surface area contributed by atoms with Crippen LogP contribution in [0, 0.1) is 11.3 Å². The largest absolute Gasteiger partial charge is 0.379 e. The Bertz CT molecular complexity index is 238. The van der Waals surface area contributed by atoms with Gasteiger partial charge < -0.3 is 4.74 Å². The first-order valence-electron chi connectivity index (χ1n) is 6.84. The van der Waals surface area contributed by atoms with Crippen molar-refractivity contribution >= 4 is 0 Å². The van der Waals surface area contributed by atoms with Crippen LogP contribution >= 0.6 is 0 Å². The van der Waals surface area contributed by atoms with E-state index in [9.17, 15) is 0 Å². The minimum Gasteiger partial charge on any atom is -0.379 e. The van der Waals surface area contributed by atoms with Gasteiger partial charge in [0.2, 0.25) is 0 Å². The summed E-state index contributed by atoms with van der Waals surface area (Å²) in [5.74, 6) is 6.45. The Hall–Kier alpha value is -0.120. The van der Waals surface area contributed by atoms with Crippen LogP contribution < -0.4 is 11.3 Å². The molecule has 2 atom stereocenters. The second-order valence-electron chi connectivity index (χ2n) is 6.76. The molecule has 3 heteroatoms. The Labute approximate surface area is 106 Å². The van der Waals surface area contributed by atoms with Crippen molar-refractivity contribution in [2.45, 2.75) is 71.4 Å². The van der Waals surface area contributed by atoms with Crippen molar-refractivity contribution < 1.29 is 4.74 Å². The van der Waals surface area contributed by atoms with Crippen molar-refractivity contribution in [2.75, 3.05) is 7.11 Å². The van der Waals surface area contributed by atoms with Crippen molar-refractivity contribution in [3.05, 3.63) is 0 Å². The molecule has 0 spiro atoms. The maximum atomic E-state index is 5.75. The molecule has 1 fully saturated rings. The molecule has 1 saturated carbocycles. The summed E-state index contributed by atoms with van der Waals surface area (Å²) in [6.07, 6.45) is 6.10. The van der Waals surface area contributed by atoms with Gasteiger partial charge in [-0.3, -0.25) is 11.3 Å². The van der Waals surface area contributed by atoms with Crippen LogP contribution in [0.1, 0.15) is 59.8 Å². The SMILES string of the molecule is COC(C)(C)CCC(NN)C1CCCC1(C)C. The molecule has 0 aromatic rings. The summed E-state index contributed by atoms with van der Waals surface area (Å²) < 4.78 is 5.48. The van der Waals surface area contributed by atoms with E-state index < -0.39 is 0 Å². The minimum atomic E-state index is -0.0438. The van der Waals surface area contributed by atoms with Crippen LogP contribution in [0.5, 0.6) is 0 Å². The van der Waals surface area contributed by atoms with Crippen LogP contribution in [0.4, 0.5) is 0 Å². The summed E-state index contributed by atoms with van der Waals surface area (Å²) in [5, 5.41) is 0. The summed E-state index contributed by atoms with van der Waals surface area (Å²) >= 11 is 0. The Morgan fingerprint density at radius 2 is 2.12 bits per heavy atom. The normalized spacial score (nSPS) is 26.1. The molecule has 1 aliphatic carbocycles. The Morgan fingerprint density at radius 3 is 2.53 bits per heavy atom. The maximum Gasteiger partial charge on any atom is 0.0623 e. The number of hydrogen-bond donors (Lipinski definition) is 2. The summed E-state index contributed by atoms with van der Waals surface area (Å²) in [4.78, 5) is 0. The van der Waals surface area contributed by atoms with Crippen molar-refractivity contribution in [2.24, 2.45) is 17.2 Å². The van der Waals surface area contributed by atoms with Gasteiger partial charge >= 0.3 is 0 Å². The van der Waals surface area contributed by atoms with E-state index in [-0.39, 0.29) is 5.60 Å². The van der Waals surface area contributed by atoms with Crippen molar-refractivity contribution in [1.82, 2.24) is 5.43 Å². The smallest absolute Gasteiger partial charge is 0.0623 e. The molecule has 3 nitrogen and oxygen atoms in total. The van der Waals surface area contributed by atoms with Gasteiger partial charge in [0.15, 0.2) is 0 Å². The van der Waals surface area contributed by atoms with Gasteiger partial charge in [0.05, 0.1) is 5.60 Å². The first-order chi connectivity index (χ1) is 7.82. The molecule has 1 aliphatic rings. The van der Waals surface area contributed by atoms with Gasteiger partial charge in [-0.2, -0.15) is 0 Å². The lowest BCUT2D eigenvalue weighted by molar-refractivity contribution is 0.00831. The molecule has 0 radical (unpaired) electrons. The lowest BCUT2D eigenvalue weighted by Crippen LogP contribution is -2.45. The van der Waals surface area contributed by atoms with Crippen LogP contribution in [0.2, 0.25) is 0 Å². The lowest BCUT2D eigenvalue weighted by atomic mass is 9.76. The highest BCUT2D eigenvalue weighted by molar-refractivity contribution is 4.92. The molecule has 0 aliphatic heterocycles. The van der Waals surface area contributed by atoms with E-state index >= 15 is 0 Å². The molecule has 3 N–H and O–H groups in total. The zero-order valence-electron chi connectivity index (χ0n) is 12.2. The number of hydrazine groups is 1. The first-order valence-corrected chi connectivity index (χ1v) is 6.84. The molecule has 2 unspecified atom stereocenters. The molecule has 0 amide bonds. The zero-order valence-corrected chi connectivity index (χ0v) is 12.2. The fourth-order valence-corrected chi connectivity index (χ4v) is 3.11. The second kappa shape index (κ2) is 5.68. The molecule has 0 aromatic heterocycles. The average molecular weight is 242 g/mol. The minimum absolute atomic E-state index is 0.0438. The van der Waals surface area contributed by atoms with Gasteiger partial charge in [0.1, 0.15) is 0 Å². The van der Waals surface area contributed by atoms with E-state index in [0.717, 1.165) is 12.8 Å². The molecule has 0 aromatic carbocycles. The molecular formula is C14H30N2O. The fourth-order valence-electron chi connectivity index (χ4n) is 3.11. The summed E-state index contributed by atoms with van der Waals surface area (Å²) in [5.41, 5.74) is 3.42. The van der Waals surface area contributed by atoms with E-state index in [1.54, 1.807) is 7.11 Å². The number of hydrogen-bond acceptors (Lipinski definition) is 3. The number of nitrogens with two attached hydrogens (primary N) is 1. The highest BCUT2D eigenvalue weighted by atomic mass is 16.5. The molecule has 1 rings (SSSR count). The third-order valence-electron chi connectivity index (χ3n) is 4.65. The summed E-state index contributed by atoms with van der Waals surface area (Å²) in [7, 11) is 1.78. The summed E-state index contributed by atoms with van der Waals surface area (Å²) in [6.45, 7) is 9.02. The van der Waals surface area contributed by atoms with Crippen molar-refractivity contribution in [3.8, 4) is 0 Å². The molecular weight excluding hydrogens is 212 g/mol. The Balaban J connectivity index is 2.54. The quantitative estimate of drug-likeness (QED) is 0.556. The van der Waals surface area contributed by atoms with E-state index in [1.165, 1.54) is 19.3 Å². The predicted octanol–water partition coefficient (Wildman–Crippen LogP) is 2.85. The Morgan fingerprint density at radius 1 is 1.47 bits per heavy atom. The number of rotatable bonds is 6. The molecule has 102 valence electrons. The Kier molecular flexibility index (Phi) is 4.99. The second-order valence-corrected chi connectivity index (χ2v) is 6.76. The average Bonchev–Trinajstić information content (AvgIpc) is 2.60. The molecule has 0 saturated heterocycles. The van der Waals surface area contributed by atoms with Crippen LogP contribution in [0.15, 0.2) is 0 Å². The van der Waals surface area contributed by atoms with Gasteiger partial charge in [-0.05, 0) is 50.9 Å². The van der Waals surface area contributed by atoms with Gasteiger partial charge in [-0.15, -0.1) is 0 Å². The number of methoxy groups -OCH3 is 1. The van der Waals surface area contributed by atoms with E-state index in [4.69, 9.17) is 10.6 Å². The van der Waals surface area contributed by atoms with Crippen molar-refractivity contribution in [1.29, 1.82) is 0 Å². The standard InChI is InChI=1S/C14H30N2O/c1-13(2)9-6-7-11(13)12(16-15)8-10-14(3,4)17-5/h11-12,16H,6-10,15H2,1-5H3. The molecule has 17 heavy (non-hydrogen) atoms. The maximum absolute atomic E-state index is 5.75. The fraction of sp³-hybridized carbons (Fsp3) is 1.00. The topological polar surface area (TPSA) is 47.3 Å². The zero-order chi connectivity index (χ0) is 13.1. The van der Waals surface area contributed by atoms with Gasteiger partial charge in [0.25, 0.3) is 0 Å². The third-order valence-corrected chi connectivity index (χ3v) is 4.65. The van der Waals surface area contributed by atoms with Crippen molar-refractivity contribution in [3.63, 3.8) is 0 Å². The van der Waals surface area contributed by atoms with E-state index in [0.29, 0.717) is 17.4 Å². The highest BCUT2D eigenvalue weighted by Crippen LogP contribution is 2.45. The molecule has 0 heterocycles. The predicted molar refractivity (Wildman–Crippen MR) is 72.6 cm³/mol. The van der Waals surface area contributed by atoms with Gasteiger partial charge in [-0.25, -0.2) is 0 Å². The monoisotopic (exact) mass is 242 g/mol. The van der Waals surface area contributed by atoms with Gasteiger partial charge in [-0.1, -0.05) is 20.3 Å². The third kappa shape index (κ3) is 3.94. The lowest BCUT2D eigenvalue weighted by Gasteiger charge is -2.35. The molecule has 0 bridgehead atoms. The highest BCUT2D eigenvalue weighted by Gasteiger charge is 2.39.